The Hall–Kier alpha value is -0.180. The molecule has 0 aliphatic heterocycles. The van der Waals surface area contributed by atoms with Gasteiger partial charge in [-0.2, -0.15) is 0 Å². The molecule has 0 aromatic carbocycles. The average Bonchev–Trinajstić information content (AvgIpc) is 1.60. The molecule has 0 amide bonds. The van der Waals surface area contributed by atoms with E-state index in [9.17, 15) is 13.9 Å². The third kappa shape index (κ3) is 0.968. The summed E-state index contributed by atoms with van der Waals surface area (Å²) in [5.74, 6) is -2.75. The molecule has 1 saturated carbocycles. The minimum absolute atomic E-state index is 0.184. The molecule has 1 aliphatic carbocycles. The zero-order valence-corrected chi connectivity index (χ0v) is 4.36. The van der Waals surface area contributed by atoms with Crippen LogP contribution in [0.3, 0.4) is 0 Å². The molecule has 1 radical (unpaired) electrons. The predicted octanol–water partition coefficient (Wildman–Crippen LogP) is 1.46. The molecule has 47 valence electrons. The Labute approximate surface area is 46.3 Å². The first-order chi connectivity index (χ1) is 3.64. The van der Waals surface area contributed by atoms with Gasteiger partial charge in [0.25, 0.3) is 0 Å². The van der Waals surface area contributed by atoms with Gasteiger partial charge in [-0.25, -0.2) is 13.9 Å². The van der Waals surface area contributed by atoms with Gasteiger partial charge in [0.15, 0.2) is 0 Å². The van der Waals surface area contributed by atoms with E-state index in [2.05, 4.69) is 0 Å². The summed E-state index contributed by atoms with van der Waals surface area (Å²) < 4.78 is 23.7. The second kappa shape index (κ2) is 1.65. The molecule has 1 fully saturated rings. The molecule has 0 unspecified atom stereocenters. The molecule has 3 heteroatoms. The van der Waals surface area contributed by atoms with E-state index in [1.807, 2.05) is 0 Å². The lowest BCUT2D eigenvalue weighted by Gasteiger charge is -2.32. The number of hydrogen-bond donors (Lipinski definition) is 0. The van der Waals surface area contributed by atoms with Crippen LogP contribution in [-0.4, -0.2) is 12.5 Å². The third-order valence-corrected chi connectivity index (χ3v) is 1.41. The fourth-order valence-electron chi connectivity index (χ4n) is 0.903. The standard InChI is InChI=1S/C5H7F2O/c6-5(7)1-4(2-5)3-8/h4H,1-3H2. The minimum Gasteiger partial charge on any atom is -0.236 e. The number of halogens is 2. The van der Waals surface area contributed by atoms with Crippen molar-refractivity contribution in [3.63, 3.8) is 0 Å². The van der Waals surface area contributed by atoms with E-state index >= 15 is 0 Å². The molecule has 0 heterocycles. The third-order valence-electron chi connectivity index (χ3n) is 1.41. The highest BCUT2D eigenvalue weighted by Crippen LogP contribution is 2.41. The topological polar surface area (TPSA) is 19.9 Å². The monoisotopic (exact) mass is 121 g/mol. The highest BCUT2D eigenvalue weighted by molar-refractivity contribution is 4.85. The molecule has 1 rings (SSSR count). The van der Waals surface area contributed by atoms with Crippen LogP contribution in [0.1, 0.15) is 12.8 Å². The van der Waals surface area contributed by atoms with Crippen LogP contribution in [0.2, 0.25) is 0 Å². The van der Waals surface area contributed by atoms with Crippen molar-refractivity contribution in [2.75, 3.05) is 6.61 Å². The van der Waals surface area contributed by atoms with Gasteiger partial charge >= 0.3 is 0 Å². The Bertz CT molecular complexity index is 84.4. The molecule has 0 N–H and O–H groups in total. The average molecular weight is 121 g/mol. The summed E-state index contributed by atoms with van der Waals surface area (Å²) in [7, 11) is 0. The molecular formula is C5H7F2O. The van der Waals surface area contributed by atoms with Crippen molar-refractivity contribution in [2.45, 2.75) is 18.8 Å². The molecule has 0 saturated heterocycles. The molecule has 1 nitrogen and oxygen atoms in total. The zero-order valence-electron chi connectivity index (χ0n) is 4.36. The lowest BCUT2D eigenvalue weighted by Crippen LogP contribution is -2.36. The van der Waals surface area contributed by atoms with Crippen LogP contribution < -0.4 is 0 Å². The van der Waals surface area contributed by atoms with E-state index in [0.29, 0.717) is 0 Å². The fourth-order valence-corrected chi connectivity index (χ4v) is 0.903. The van der Waals surface area contributed by atoms with Crippen molar-refractivity contribution in [3.05, 3.63) is 0 Å². The molecular weight excluding hydrogens is 114 g/mol. The Morgan fingerprint density at radius 2 is 2.00 bits per heavy atom. The number of hydrogen-bond acceptors (Lipinski definition) is 0. The van der Waals surface area contributed by atoms with Gasteiger partial charge in [0, 0.05) is 12.8 Å². The van der Waals surface area contributed by atoms with Crippen LogP contribution in [0.15, 0.2) is 0 Å². The van der Waals surface area contributed by atoms with Gasteiger partial charge in [0.2, 0.25) is 5.92 Å². The summed E-state index contributed by atoms with van der Waals surface area (Å²) in [6.45, 7) is -0.338. The van der Waals surface area contributed by atoms with E-state index in [4.69, 9.17) is 0 Å². The Balaban J connectivity index is 2.21. The van der Waals surface area contributed by atoms with Crippen molar-refractivity contribution >= 4 is 0 Å². The van der Waals surface area contributed by atoms with Crippen molar-refractivity contribution < 1.29 is 13.9 Å². The maximum absolute atomic E-state index is 11.8. The zero-order chi connectivity index (χ0) is 6.20. The van der Waals surface area contributed by atoms with Crippen LogP contribution in [-0.2, 0) is 5.11 Å². The normalized spacial score (nSPS) is 27.4. The van der Waals surface area contributed by atoms with Crippen LogP contribution in [0.25, 0.3) is 0 Å². The summed E-state index contributed by atoms with van der Waals surface area (Å²) in [5, 5.41) is 9.87. The first-order valence-corrected chi connectivity index (χ1v) is 2.60. The van der Waals surface area contributed by atoms with Crippen LogP contribution in [0.4, 0.5) is 8.78 Å². The summed E-state index contributed by atoms with van der Waals surface area (Å²) in [5.41, 5.74) is 0. The summed E-state index contributed by atoms with van der Waals surface area (Å²) in [4.78, 5) is 0. The van der Waals surface area contributed by atoms with Gasteiger partial charge in [-0.15, -0.1) is 0 Å². The maximum atomic E-state index is 11.8. The Morgan fingerprint density at radius 1 is 1.50 bits per heavy atom. The summed E-state index contributed by atoms with van der Waals surface area (Å²) in [6.07, 6.45) is -0.368. The Morgan fingerprint density at radius 3 is 2.12 bits per heavy atom. The van der Waals surface area contributed by atoms with Gasteiger partial charge in [-0.3, -0.25) is 0 Å². The van der Waals surface area contributed by atoms with Crippen LogP contribution in [0, 0.1) is 5.92 Å². The second-order valence-electron chi connectivity index (χ2n) is 2.30. The largest absolute Gasteiger partial charge is 0.248 e. The maximum Gasteiger partial charge on any atom is 0.248 e. The minimum atomic E-state index is -2.50. The first-order valence-electron chi connectivity index (χ1n) is 2.60. The summed E-state index contributed by atoms with van der Waals surface area (Å²) in [6, 6.07) is 0. The lowest BCUT2D eigenvalue weighted by molar-refractivity contribution is -0.127. The number of alkyl halides is 2. The van der Waals surface area contributed by atoms with Crippen molar-refractivity contribution in [2.24, 2.45) is 5.92 Å². The van der Waals surface area contributed by atoms with Gasteiger partial charge < -0.3 is 0 Å². The second-order valence-corrected chi connectivity index (χ2v) is 2.30. The van der Waals surface area contributed by atoms with E-state index in [0.717, 1.165) is 0 Å². The smallest absolute Gasteiger partial charge is 0.236 e. The Kier molecular flexibility index (Phi) is 1.23. The van der Waals surface area contributed by atoms with Gasteiger partial charge in [-0.1, -0.05) is 0 Å². The summed E-state index contributed by atoms with van der Waals surface area (Å²) >= 11 is 0. The van der Waals surface area contributed by atoms with Crippen molar-refractivity contribution in [1.29, 1.82) is 0 Å². The number of rotatable bonds is 1. The molecule has 8 heavy (non-hydrogen) atoms. The quantitative estimate of drug-likeness (QED) is 0.500. The van der Waals surface area contributed by atoms with E-state index in [1.165, 1.54) is 0 Å². The van der Waals surface area contributed by atoms with Gasteiger partial charge in [0.05, 0.1) is 6.61 Å². The van der Waals surface area contributed by atoms with Crippen molar-refractivity contribution in [3.8, 4) is 0 Å². The van der Waals surface area contributed by atoms with Gasteiger partial charge in [-0.05, 0) is 5.92 Å². The molecule has 0 aromatic rings. The van der Waals surface area contributed by atoms with E-state index in [1.54, 1.807) is 0 Å². The van der Waals surface area contributed by atoms with Crippen molar-refractivity contribution in [1.82, 2.24) is 0 Å². The molecule has 0 aromatic heterocycles. The van der Waals surface area contributed by atoms with Crippen LogP contribution >= 0.6 is 0 Å². The molecule has 1 aliphatic rings. The molecule has 0 spiro atoms. The van der Waals surface area contributed by atoms with E-state index < -0.39 is 5.92 Å². The highest BCUT2D eigenvalue weighted by atomic mass is 19.3. The fraction of sp³-hybridized carbons (Fsp3) is 1.00. The molecule has 0 bridgehead atoms. The molecule has 0 atom stereocenters. The van der Waals surface area contributed by atoms with E-state index in [-0.39, 0.29) is 25.4 Å². The highest BCUT2D eigenvalue weighted by Gasteiger charge is 2.44. The lowest BCUT2D eigenvalue weighted by atomic mass is 9.82. The predicted molar refractivity (Wildman–Crippen MR) is 23.2 cm³/mol. The van der Waals surface area contributed by atoms with Gasteiger partial charge in [0.1, 0.15) is 0 Å². The van der Waals surface area contributed by atoms with Crippen LogP contribution in [0.5, 0.6) is 0 Å². The first kappa shape index (κ1) is 5.95. The SMILES string of the molecule is [O]CC1CC(F)(F)C1.